The number of methoxy groups -OCH3 is 2. The summed E-state index contributed by atoms with van der Waals surface area (Å²) in [6.07, 6.45) is 0. The Morgan fingerprint density at radius 3 is 2.50 bits per heavy atom. The summed E-state index contributed by atoms with van der Waals surface area (Å²) in [5, 5.41) is 7.40. The molecule has 0 radical (unpaired) electrons. The summed E-state index contributed by atoms with van der Waals surface area (Å²) >= 11 is 1.62. The number of carbonyl (C=O) groups is 1. The summed E-state index contributed by atoms with van der Waals surface area (Å²) in [5.74, 6) is 1.10. The minimum absolute atomic E-state index is 0.202. The first kappa shape index (κ1) is 21.8. The lowest BCUT2D eigenvalue weighted by atomic mass is 9.95. The highest BCUT2D eigenvalue weighted by Gasteiger charge is 2.31. The van der Waals surface area contributed by atoms with Crippen molar-refractivity contribution >= 4 is 28.5 Å². The third-order valence-electron chi connectivity index (χ3n) is 4.58. The average molecular weight is 426 g/mol. The number of allylic oxidation sites excluding steroid dienone is 1. The van der Waals surface area contributed by atoms with E-state index < -0.39 is 6.04 Å². The fourth-order valence-electron chi connectivity index (χ4n) is 3.21. The van der Waals surface area contributed by atoms with Gasteiger partial charge in [-0.1, -0.05) is 43.8 Å². The molecule has 1 aliphatic rings. The molecule has 1 amide bonds. The first-order chi connectivity index (χ1) is 14.4. The number of nitrogens with zero attached hydrogens (tertiary/aromatic N) is 1. The number of aliphatic imine (C=N–C) groups is 1. The Bertz CT molecular complexity index is 971. The summed E-state index contributed by atoms with van der Waals surface area (Å²) in [4.78, 5) is 18.1. The van der Waals surface area contributed by atoms with Gasteiger partial charge >= 0.3 is 0 Å². The molecule has 30 heavy (non-hydrogen) atoms. The van der Waals surface area contributed by atoms with Crippen LogP contribution >= 0.6 is 11.8 Å². The lowest BCUT2D eigenvalue weighted by Crippen LogP contribution is -2.32. The molecule has 0 saturated carbocycles. The Kier molecular flexibility index (Phi) is 7.05. The third kappa shape index (κ3) is 4.97. The highest BCUT2D eigenvalue weighted by molar-refractivity contribution is 8.14. The van der Waals surface area contributed by atoms with Crippen molar-refractivity contribution in [2.75, 3.05) is 19.5 Å². The fourth-order valence-corrected chi connectivity index (χ4v) is 4.04. The zero-order valence-electron chi connectivity index (χ0n) is 17.9. The van der Waals surface area contributed by atoms with Crippen LogP contribution in [-0.4, -0.2) is 30.5 Å². The molecule has 2 N–H and O–H groups in total. The Morgan fingerprint density at radius 2 is 1.87 bits per heavy atom. The largest absolute Gasteiger partial charge is 0.497 e. The third-order valence-corrected chi connectivity index (χ3v) is 5.48. The number of ether oxygens (including phenoxy) is 2. The van der Waals surface area contributed by atoms with Crippen LogP contribution in [0.5, 0.6) is 11.5 Å². The van der Waals surface area contributed by atoms with E-state index in [0.717, 1.165) is 22.1 Å². The smallest absolute Gasteiger partial charge is 0.255 e. The van der Waals surface area contributed by atoms with Gasteiger partial charge < -0.3 is 20.1 Å². The van der Waals surface area contributed by atoms with Gasteiger partial charge in [-0.15, -0.1) is 0 Å². The number of hydrogen-bond donors (Lipinski definition) is 2. The Hall–Kier alpha value is -2.93. The number of amides is 1. The topological polar surface area (TPSA) is 72.0 Å². The molecule has 0 aliphatic carbocycles. The molecule has 3 rings (SSSR count). The maximum Gasteiger partial charge on any atom is 0.255 e. The normalized spacial score (nSPS) is 16.1. The number of carbonyl (C=O) groups excluding carboxylic acids is 1. The van der Waals surface area contributed by atoms with Crippen LogP contribution in [0.25, 0.3) is 0 Å². The van der Waals surface area contributed by atoms with Gasteiger partial charge in [0.15, 0.2) is 5.17 Å². The second-order valence-electron chi connectivity index (χ2n) is 7.10. The van der Waals surface area contributed by atoms with Crippen LogP contribution < -0.4 is 20.1 Å². The minimum Gasteiger partial charge on any atom is -0.497 e. The van der Waals surface area contributed by atoms with E-state index in [9.17, 15) is 4.79 Å². The molecule has 2 aromatic rings. The van der Waals surface area contributed by atoms with Crippen molar-refractivity contribution in [3.8, 4) is 11.5 Å². The average Bonchev–Trinajstić information content (AvgIpc) is 2.72. The number of thioether (sulfide) groups is 1. The van der Waals surface area contributed by atoms with E-state index in [1.165, 1.54) is 0 Å². The van der Waals surface area contributed by atoms with E-state index >= 15 is 0 Å². The van der Waals surface area contributed by atoms with Crippen LogP contribution in [0, 0.1) is 0 Å². The Balaban J connectivity index is 2.04. The summed E-state index contributed by atoms with van der Waals surface area (Å²) in [5.41, 5.74) is 2.86. The van der Waals surface area contributed by atoms with Gasteiger partial charge in [0.2, 0.25) is 0 Å². The molecular weight excluding hydrogens is 398 g/mol. The molecule has 158 valence electrons. The number of para-hydroxylation sites is 1. The van der Waals surface area contributed by atoms with Crippen molar-refractivity contribution < 1.29 is 14.3 Å². The summed E-state index contributed by atoms with van der Waals surface area (Å²) in [6, 6.07) is 14.5. The highest BCUT2D eigenvalue weighted by atomic mass is 32.2. The van der Waals surface area contributed by atoms with Crippen molar-refractivity contribution in [2.45, 2.75) is 32.1 Å². The number of amidine groups is 1. The molecule has 0 fully saturated rings. The van der Waals surface area contributed by atoms with Crippen molar-refractivity contribution in [1.82, 2.24) is 5.32 Å². The van der Waals surface area contributed by atoms with Crippen molar-refractivity contribution in [3.63, 3.8) is 0 Å². The maximum absolute atomic E-state index is 13.3. The minimum atomic E-state index is -0.503. The molecule has 0 saturated heterocycles. The van der Waals surface area contributed by atoms with Crippen LogP contribution in [0.1, 0.15) is 32.4 Å². The number of anilines is 1. The first-order valence-corrected chi connectivity index (χ1v) is 10.6. The zero-order chi connectivity index (χ0) is 21.7. The Labute approximate surface area is 181 Å². The number of rotatable bonds is 6. The second kappa shape index (κ2) is 9.71. The van der Waals surface area contributed by atoms with Gasteiger partial charge in [-0.25, -0.2) is 4.99 Å². The standard InChI is InChI=1S/C23H27N3O3S/c1-14(2)30-23-24-15(3)20(22(27)25-16-9-7-6-8-10-16)21(26-23)18-12-11-17(28-4)13-19(18)29-5/h6-14,21H,1-5H3,(H,24,26)(H,25,27)/t21-/m1/s1. The van der Waals surface area contributed by atoms with Gasteiger partial charge in [0, 0.05) is 28.3 Å². The lowest BCUT2D eigenvalue weighted by Gasteiger charge is -2.28. The van der Waals surface area contributed by atoms with Gasteiger partial charge in [0.25, 0.3) is 5.91 Å². The maximum atomic E-state index is 13.3. The van der Waals surface area contributed by atoms with Gasteiger partial charge in [0.05, 0.1) is 19.8 Å². The molecule has 7 heteroatoms. The van der Waals surface area contributed by atoms with E-state index in [2.05, 4.69) is 24.5 Å². The molecule has 6 nitrogen and oxygen atoms in total. The second-order valence-corrected chi connectivity index (χ2v) is 8.66. The predicted octanol–water partition coefficient (Wildman–Crippen LogP) is 4.76. The van der Waals surface area contributed by atoms with Gasteiger partial charge in [-0.3, -0.25) is 4.79 Å². The molecule has 0 bridgehead atoms. The van der Waals surface area contributed by atoms with Crippen LogP contribution in [0.2, 0.25) is 0 Å². The fraction of sp³-hybridized carbons (Fsp3) is 0.304. The number of nitrogens with one attached hydrogen (secondary N) is 2. The van der Waals surface area contributed by atoms with E-state index in [0.29, 0.717) is 22.3 Å². The zero-order valence-corrected chi connectivity index (χ0v) is 18.7. The monoisotopic (exact) mass is 425 g/mol. The number of hydrogen-bond acceptors (Lipinski definition) is 6. The molecule has 2 aromatic carbocycles. The van der Waals surface area contributed by atoms with E-state index in [1.54, 1.807) is 26.0 Å². The first-order valence-electron chi connectivity index (χ1n) is 9.73. The van der Waals surface area contributed by atoms with Crippen molar-refractivity contribution in [2.24, 2.45) is 4.99 Å². The van der Waals surface area contributed by atoms with Crippen molar-refractivity contribution in [1.29, 1.82) is 0 Å². The van der Waals surface area contributed by atoms with Crippen molar-refractivity contribution in [3.05, 3.63) is 65.4 Å². The van der Waals surface area contributed by atoms with Crippen LogP contribution in [0.4, 0.5) is 5.69 Å². The van der Waals surface area contributed by atoms with Gasteiger partial charge in [-0.05, 0) is 31.2 Å². The number of benzene rings is 2. The molecule has 0 unspecified atom stereocenters. The van der Waals surface area contributed by atoms with E-state index in [4.69, 9.17) is 14.5 Å². The van der Waals surface area contributed by atoms with Gasteiger partial charge in [0.1, 0.15) is 17.5 Å². The molecule has 0 aromatic heterocycles. The quantitative estimate of drug-likeness (QED) is 0.698. The van der Waals surface area contributed by atoms with E-state index in [1.807, 2.05) is 55.5 Å². The molecule has 1 atom stereocenters. The van der Waals surface area contributed by atoms with E-state index in [-0.39, 0.29) is 5.91 Å². The van der Waals surface area contributed by atoms with Crippen LogP contribution in [0.3, 0.4) is 0 Å². The molecule has 0 spiro atoms. The highest BCUT2D eigenvalue weighted by Crippen LogP contribution is 2.39. The molecule has 1 heterocycles. The summed E-state index contributed by atoms with van der Waals surface area (Å²) in [7, 11) is 3.21. The van der Waals surface area contributed by atoms with Crippen LogP contribution in [0.15, 0.2) is 64.8 Å². The SMILES string of the molecule is COc1ccc([C@H]2N=C(SC(C)C)NC(C)=C2C(=O)Nc2ccccc2)c(OC)c1. The van der Waals surface area contributed by atoms with Crippen LogP contribution in [-0.2, 0) is 4.79 Å². The molecule has 1 aliphatic heterocycles. The lowest BCUT2D eigenvalue weighted by molar-refractivity contribution is -0.113. The summed E-state index contributed by atoms with van der Waals surface area (Å²) < 4.78 is 10.9. The predicted molar refractivity (Wildman–Crippen MR) is 123 cm³/mol. The summed E-state index contributed by atoms with van der Waals surface area (Å²) in [6.45, 7) is 6.11. The van der Waals surface area contributed by atoms with Gasteiger partial charge in [-0.2, -0.15) is 0 Å². The molecular formula is C23H27N3O3S. The Morgan fingerprint density at radius 1 is 1.13 bits per heavy atom.